The number of aryl methyl sites for hydroxylation is 1. The Labute approximate surface area is 114 Å². The van der Waals surface area contributed by atoms with Crippen LogP contribution >= 0.6 is 11.6 Å². The fraction of sp³-hybridized carbons (Fsp3) is 0.143. The molecule has 0 atom stereocenters. The third-order valence-corrected chi connectivity index (χ3v) is 3.58. The minimum absolute atomic E-state index is 0.0471. The van der Waals surface area contributed by atoms with Gasteiger partial charge in [0.05, 0.1) is 22.6 Å². The average molecular weight is 274 g/mol. The minimum atomic E-state index is -0.0471. The van der Waals surface area contributed by atoms with Crippen LogP contribution in [-0.4, -0.2) is 14.1 Å². The van der Waals surface area contributed by atoms with Gasteiger partial charge in [-0.25, -0.2) is 4.79 Å². The lowest BCUT2D eigenvalue weighted by Gasteiger charge is -2.05. The molecule has 0 saturated heterocycles. The van der Waals surface area contributed by atoms with Gasteiger partial charge in [-0.1, -0.05) is 23.7 Å². The SMILES string of the molecule is Cn1c(=O)n(Cc2ccncc2Cl)c2ccccc21. The third kappa shape index (κ3) is 1.94. The van der Waals surface area contributed by atoms with Crippen LogP contribution in [0.15, 0.2) is 47.5 Å². The van der Waals surface area contributed by atoms with E-state index in [1.54, 1.807) is 28.6 Å². The molecule has 2 heterocycles. The fourth-order valence-electron chi connectivity index (χ4n) is 2.22. The highest BCUT2D eigenvalue weighted by Gasteiger charge is 2.11. The summed E-state index contributed by atoms with van der Waals surface area (Å²) in [5.41, 5.74) is 2.66. The Bertz CT molecular complexity index is 804. The van der Waals surface area contributed by atoms with Gasteiger partial charge in [0.2, 0.25) is 0 Å². The van der Waals surface area contributed by atoms with E-state index < -0.39 is 0 Å². The van der Waals surface area contributed by atoms with Gasteiger partial charge >= 0.3 is 5.69 Å². The molecule has 2 aromatic heterocycles. The van der Waals surface area contributed by atoms with E-state index in [2.05, 4.69) is 4.98 Å². The van der Waals surface area contributed by atoms with Crippen LogP contribution in [-0.2, 0) is 13.6 Å². The lowest BCUT2D eigenvalue weighted by molar-refractivity contribution is 0.735. The molecule has 0 spiro atoms. The second-order valence-electron chi connectivity index (χ2n) is 4.38. The Morgan fingerprint density at radius 2 is 1.95 bits per heavy atom. The van der Waals surface area contributed by atoms with Gasteiger partial charge in [-0.05, 0) is 23.8 Å². The first-order valence-electron chi connectivity index (χ1n) is 5.91. The largest absolute Gasteiger partial charge is 0.329 e. The van der Waals surface area contributed by atoms with Crippen molar-refractivity contribution in [3.05, 3.63) is 63.8 Å². The number of aromatic nitrogens is 3. The highest BCUT2D eigenvalue weighted by molar-refractivity contribution is 6.31. The standard InChI is InChI=1S/C14H12ClN3O/c1-17-12-4-2-3-5-13(12)18(14(17)19)9-10-6-7-16-8-11(10)15/h2-8H,9H2,1H3. The molecule has 0 N–H and O–H groups in total. The first-order valence-corrected chi connectivity index (χ1v) is 6.29. The van der Waals surface area contributed by atoms with Gasteiger partial charge in [0.1, 0.15) is 0 Å². The molecule has 5 heteroatoms. The highest BCUT2D eigenvalue weighted by Crippen LogP contribution is 2.17. The number of benzene rings is 1. The molecule has 0 aliphatic rings. The molecule has 0 fully saturated rings. The number of rotatable bonds is 2. The molecule has 0 aliphatic heterocycles. The second-order valence-corrected chi connectivity index (χ2v) is 4.79. The smallest absolute Gasteiger partial charge is 0.295 e. The number of pyridine rings is 1. The van der Waals surface area contributed by atoms with Crippen molar-refractivity contribution < 1.29 is 0 Å². The molecule has 3 rings (SSSR count). The molecule has 1 aromatic carbocycles. The number of hydrogen-bond acceptors (Lipinski definition) is 2. The molecule has 4 nitrogen and oxygen atoms in total. The molecular weight excluding hydrogens is 262 g/mol. The summed E-state index contributed by atoms with van der Waals surface area (Å²) in [6.07, 6.45) is 3.27. The van der Waals surface area contributed by atoms with Gasteiger partial charge < -0.3 is 0 Å². The first-order chi connectivity index (χ1) is 9.18. The van der Waals surface area contributed by atoms with E-state index in [0.29, 0.717) is 11.6 Å². The topological polar surface area (TPSA) is 39.8 Å². The van der Waals surface area contributed by atoms with E-state index in [1.807, 2.05) is 30.3 Å². The summed E-state index contributed by atoms with van der Waals surface area (Å²) in [5.74, 6) is 0. The maximum Gasteiger partial charge on any atom is 0.329 e. The molecule has 0 radical (unpaired) electrons. The number of fused-ring (bicyclic) bond motifs is 1. The van der Waals surface area contributed by atoms with Crippen molar-refractivity contribution in [1.29, 1.82) is 0 Å². The molecule has 3 aromatic rings. The maximum absolute atomic E-state index is 12.3. The molecule has 96 valence electrons. The molecular formula is C14H12ClN3O. The predicted molar refractivity (Wildman–Crippen MR) is 75.5 cm³/mol. The lowest BCUT2D eigenvalue weighted by Crippen LogP contribution is -2.22. The van der Waals surface area contributed by atoms with E-state index >= 15 is 0 Å². The monoisotopic (exact) mass is 273 g/mol. The van der Waals surface area contributed by atoms with Crippen LogP contribution in [0.4, 0.5) is 0 Å². The molecule has 0 unspecified atom stereocenters. The number of hydrogen-bond donors (Lipinski definition) is 0. The quantitative estimate of drug-likeness (QED) is 0.719. The zero-order valence-electron chi connectivity index (χ0n) is 10.4. The first kappa shape index (κ1) is 12.0. The van der Waals surface area contributed by atoms with Crippen molar-refractivity contribution in [3.8, 4) is 0 Å². The second kappa shape index (κ2) is 4.55. The van der Waals surface area contributed by atoms with E-state index in [9.17, 15) is 4.79 Å². The van der Waals surface area contributed by atoms with Crippen LogP contribution in [0.2, 0.25) is 5.02 Å². The Balaban J connectivity index is 2.19. The average Bonchev–Trinajstić information content (AvgIpc) is 2.67. The van der Waals surface area contributed by atoms with Crippen molar-refractivity contribution in [1.82, 2.24) is 14.1 Å². The summed E-state index contributed by atoms with van der Waals surface area (Å²) in [6.45, 7) is 0.446. The van der Waals surface area contributed by atoms with Crippen molar-refractivity contribution >= 4 is 22.6 Å². The van der Waals surface area contributed by atoms with E-state index in [-0.39, 0.29) is 5.69 Å². The fourth-order valence-corrected chi connectivity index (χ4v) is 2.40. The van der Waals surface area contributed by atoms with Crippen LogP contribution in [0, 0.1) is 0 Å². The van der Waals surface area contributed by atoms with Gasteiger partial charge in [-0.15, -0.1) is 0 Å². The molecule has 0 amide bonds. The van der Waals surface area contributed by atoms with E-state index in [4.69, 9.17) is 11.6 Å². The Kier molecular flexibility index (Phi) is 2.87. The number of imidazole rings is 1. The Morgan fingerprint density at radius 1 is 1.21 bits per heavy atom. The van der Waals surface area contributed by atoms with Crippen molar-refractivity contribution in [3.63, 3.8) is 0 Å². The summed E-state index contributed by atoms with van der Waals surface area (Å²) in [6, 6.07) is 9.54. The van der Waals surface area contributed by atoms with E-state index in [0.717, 1.165) is 16.6 Å². The van der Waals surface area contributed by atoms with Gasteiger partial charge in [-0.2, -0.15) is 0 Å². The minimum Gasteiger partial charge on any atom is -0.295 e. The van der Waals surface area contributed by atoms with Gasteiger partial charge in [-0.3, -0.25) is 14.1 Å². The zero-order valence-corrected chi connectivity index (χ0v) is 11.1. The van der Waals surface area contributed by atoms with Gasteiger partial charge in [0.25, 0.3) is 0 Å². The number of para-hydroxylation sites is 2. The summed E-state index contributed by atoms with van der Waals surface area (Å²) in [5, 5.41) is 0.572. The molecule has 0 aliphatic carbocycles. The van der Waals surface area contributed by atoms with Gasteiger partial charge in [0.15, 0.2) is 0 Å². The predicted octanol–water partition coefficient (Wildman–Crippen LogP) is 2.44. The van der Waals surface area contributed by atoms with Crippen molar-refractivity contribution in [2.75, 3.05) is 0 Å². The van der Waals surface area contributed by atoms with Crippen LogP contribution in [0.25, 0.3) is 11.0 Å². The summed E-state index contributed by atoms with van der Waals surface area (Å²) in [7, 11) is 1.77. The summed E-state index contributed by atoms with van der Waals surface area (Å²) < 4.78 is 3.36. The number of nitrogens with zero attached hydrogens (tertiary/aromatic N) is 3. The van der Waals surface area contributed by atoms with Crippen LogP contribution in [0.1, 0.15) is 5.56 Å². The molecule has 0 bridgehead atoms. The third-order valence-electron chi connectivity index (χ3n) is 3.24. The number of halogens is 1. The van der Waals surface area contributed by atoms with Gasteiger partial charge in [0, 0.05) is 19.4 Å². The maximum atomic E-state index is 12.3. The Hall–Kier alpha value is -2.07. The van der Waals surface area contributed by atoms with Crippen LogP contribution in [0.3, 0.4) is 0 Å². The van der Waals surface area contributed by atoms with Crippen LogP contribution in [0.5, 0.6) is 0 Å². The Morgan fingerprint density at radius 3 is 2.68 bits per heavy atom. The summed E-state index contributed by atoms with van der Waals surface area (Å²) >= 11 is 6.10. The zero-order chi connectivity index (χ0) is 13.4. The van der Waals surface area contributed by atoms with Crippen molar-refractivity contribution in [2.45, 2.75) is 6.54 Å². The summed E-state index contributed by atoms with van der Waals surface area (Å²) in [4.78, 5) is 16.2. The molecule has 0 saturated carbocycles. The normalized spacial score (nSPS) is 11.1. The van der Waals surface area contributed by atoms with E-state index in [1.165, 1.54) is 0 Å². The van der Waals surface area contributed by atoms with Crippen molar-refractivity contribution in [2.24, 2.45) is 7.05 Å². The highest BCUT2D eigenvalue weighted by atomic mass is 35.5. The molecule has 19 heavy (non-hydrogen) atoms. The van der Waals surface area contributed by atoms with Crippen LogP contribution < -0.4 is 5.69 Å². The lowest BCUT2D eigenvalue weighted by atomic mass is 10.2.